The summed E-state index contributed by atoms with van der Waals surface area (Å²) in [7, 11) is 0. The Labute approximate surface area is 108 Å². The predicted molar refractivity (Wildman–Crippen MR) is 77.9 cm³/mol. The summed E-state index contributed by atoms with van der Waals surface area (Å²) < 4.78 is 0. The van der Waals surface area contributed by atoms with Crippen LogP contribution in [0, 0.1) is 13.8 Å². The van der Waals surface area contributed by atoms with Gasteiger partial charge < -0.3 is 10.2 Å². The van der Waals surface area contributed by atoms with Gasteiger partial charge in [-0.2, -0.15) is 0 Å². The Kier molecular flexibility index (Phi) is 2.71. The summed E-state index contributed by atoms with van der Waals surface area (Å²) in [4.78, 5) is 2.43. The summed E-state index contributed by atoms with van der Waals surface area (Å²) in [6.45, 7) is 6.38. The van der Waals surface area contributed by atoms with E-state index in [1.165, 1.54) is 28.2 Å². The van der Waals surface area contributed by atoms with E-state index in [1.807, 2.05) is 0 Å². The first-order chi connectivity index (χ1) is 8.77. The summed E-state index contributed by atoms with van der Waals surface area (Å²) in [5.41, 5.74) is 6.54. The number of rotatable bonds is 1. The molecule has 1 aliphatic heterocycles. The molecule has 2 aromatic rings. The lowest BCUT2D eigenvalue weighted by Gasteiger charge is -2.34. The Morgan fingerprint density at radius 1 is 0.944 bits per heavy atom. The fourth-order valence-corrected chi connectivity index (χ4v) is 2.74. The number of nitrogens with one attached hydrogen (secondary N) is 1. The molecule has 2 aromatic carbocycles. The van der Waals surface area contributed by atoms with E-state index in [1.54, 1.807) is 0 Å². The van der Waals surface area contributed by atoms with Crippen molar-refractivity contribution in [2.45, 2.75) is 13.8 Å². The second-order valence-corrected chi connectivity index (χ2v) is 4.84. The van der Waals surface area contributed by atoms with E-state index >= 15 is 0 Å². The summed E-state index contributed by atoms with van der Waals surface area (Å²) in [5, 5.41) is 3.46. The van der Waals surface area contributed by atoms with Gasteiger partial charge in [-0.05, 0) is 37.1 Å². The molecule has 18 heavy (non-hydrogen) atoms. The van der Waals surface area contributed by atoms with Gasteiger partial charge in [-0.1, -0.05) is 30.3 Å². The smallest absolute Gasteiger partial charge is 0.0647 e. The third-order valence-corrected chi connectivity index (χ3v) is 3.56. The molecule has 1 N–H and O–H groups in total. The van der Waals surface area contributed by atoms with E-state index in [0.717, 1.165) is 13.1 Å². The van der Waals surface area contributed by atoms with Gasteiger partial charge in [0.25, 0.3) is 0 Å². The minimum atomic E-state index is 0.991. The predicted octanol–water partition coefficient (Wildman–Crippen LogP) is 3.87. The molecule has 0 amide bonds. The second kappa shape index (κ2) is 4.37. The normalized spacial score (nSPS) is 14.0. The number of anilines is 3. The highest BCUT2D eigenvalue weighted by Gasteiger charge is 2.19. The molecular weight excluding hydrogens is 220 g/mol. The van der Waals surface area contributed by atoms with Crippen molar-refractivity contribution in [1.82, 2.24) is 0 Å². The maximum absolute atomic E-state index is 3.46. The Balaban J connectivity index is 2.14. The van der Waals surface area contributed by atoms with Crippen molar-refractivity contribution in [3.8, 4) is 0 Å². The van der Waals surface area contributed by atoms with Crippen LogP contribution in [0.4, 0.5) is 17.1 Å². The highest BCUT2D eigenvalue weighted by molar-refractivity contribution is 5.80. The summed E-state index contributed by atoms with van der Waals surface area (Å²) >= 11 is 0. The van der Waals surface area contributed by atoms with Gasteiger partial charge in [0.2, 0.25) is 0 Å². The second-order valence-electron chi connectivity index (χ2n) is 4.84. The van der Waals surface area contributed by atoms with Crippen LogP contribution in [0.15, 0.2) is 42.5 Å². The van der Waals surface area contributed by atoms with Crippen LogP contribution in [0.5, 0.6) is 0 Å². The molecule has 1 heterocycles. The van der Waals surface area contributed by atoms with E-state index in [4.69, 9.17) is 0 Å². The van der Waals surface area contributed by atoms with Crippen molar-refractivity contribution in [3.63, 3.8) is 0 Å². The van der Waals surface area contributed by atoms with Crippen LogP contribution >= 0.6 is 0 Å². The van der Waals surface area contributed by atoms with Gasteiger partial charge in [0, 0.05) is 18.8 Å². The zero-order valence-electron chi connectivity index (χ0n) is 10.9. The Morgan fingerprint density at radius 2 is 1.67 bits per heavy atom. The third kappa shape index (κ3) is 1.74. The molecular formula is C16H18N2. The van der Waals surface area contributed by atoms with Gasteiger partial charge in [0.05, 0.1) is 11.4 Å². The average molecular weight is 238 g/mol. The van der Waals surface area contributed by atoms with Gasteiger partial charge in [-0.15, -0.1) is 0 Å². The van der Waals surface area contributed by atoms with E-state index < -0.39 is 0 Å². The number of aryl methyl sites for hydroxylation is 2. The first kappa shape index (κ1) is 11.1. The largest absolute Gasteiger partial charge is 0.382 e. The summed E-state index contributed by atoms with van der Waals surface area (Å²) in [6, 6.07) is 15.0. The quantitative estimate of drug-likeness (QED) is 0.811. The molecule has 92 valence electrons. The van der Waals surface area contributed by atoms with Crippen LogP contribution in [0.25, 0.3) is 0 Å². The lowest BCUT2D eigenvalue weighted by atomic mass is 10.1. The van der Waals surface area contributed by atoms with Crippen LogP contribution < -0.4 is 10.2 Å². The minimum absolute atomic E-state index is 0.991. The number of fused-ring (bicyclic) bond motifs is 1. The molecule has 0 fully saturated rings. The number of benzene rings is 2. The van der Waals surface area contributed by atoms with Crippen molar-refractivity contribution in [2.75, 3.05) is 23.3 Å². The number of hydrogen-bond acceptors (Lipinski definition) is 2. The number of para-hydroxylation sites is 3. The molecule has 0 saturated heterocycles. The summed E-state index contributed by atoms with van der Waals surface area (Å²) in [5.74, 6) is 0. The Hall–Kier alpha value is -1.96. The number of nitrogens with zero attached hydrogens (tertiary/aromatic N) is 1. The molecule has 0 spiro atoms. The summed E-state index contributed by atoms with van der Waals surface area (Å²) in [6.07, 6.45) is 0. The van der Waals surface area contributed by atoms with Gasteiger partial charge in [0.15, 0.2) is 0 Å². The standard InChI is InChI=1S/C16H18N2/c1-12-6-5-7-13(2)16(12)18-11-10-17-14-8-3-4-9-15(14)18/h3-9,17H,10-11H2,1-2H3. The van der Waals surface area contributed by atoms with Crippen molar-refractivity contribution < 1.29 is 0 Å². The molecule has 0 radical (unpaired) electrons. The van der Waals surface area contributed by atoms with Crippen molar-refractivity contribution in [3.05, 3.63) is 53.6 Å². The molecule has 0 aromatic heterocycles. The van der Waals surface area contributed by atoms with Crippen LogP contribution in [-0.2, 0) is 0 Å². The molecule has 0 bridgehead atoms. The molecule has 2 nitrogen and oxygen atoms in total. The van der Waals surface area contributed by atoms with Crippen LogP contribution in [-0.4, -0.2) is 13.1 Å². The van der Waals surface area contributed by atoms with Gasteiger partial charge in [-0.3, -0.25) is 0 Å². The molecule has 0 aliphatic carbocycles. The maximum atomic E-state index is 3.46. The van der Waals surface area contributed by atoms with Gasteiger partial charge >= 0.3 is 0 Å². The highest BCUT2D eigenvalue weighted by Crippen LogP contribution is 2.37. The van der Waals surface area contributed by atoms with Crippen LogP contribution in [0.2, 0.25) is 0 Å². The zero-order chi connectivity index (χ0) is 12.5. The topological polar surface area (TPSA) is 15.3 Å². The first-order valence-electron chi connectivity index (χ1n) is 6.44. The lowest BCUT2D eigenvalue weighted by Crippen LogP contribution is -2.31. The molecule has 3 rings (SSSR count). The molecule has 0 unspecified atom stereocenters. The Bertz CT molecular complexity index is 555. The van der Waals surface area contributed by atoms with Crippen molar-refractivity contribution in [2.24, 2.45) is 0 Å². The Morgan fingerprint density at radius 3 is 2.44 bits per heavy atom. The number of hydrogen-bond donors (Lipinski definition) is 1. The fraction of sp³-hybridized carbons (Fsp3) is 0.250. The third-order valence-electron chi connectivity index (χ3n) is 3.56. The maximum Gasteiger partial charge on any atom is 0.0647 e. The van der Waals surface area contributed by atoms with Crippen LogP contribution in [0.1, 0.15) is 11.1 Å². The van der Waals surface area contributed by atoms with Crippen molar-refractivity contribution >= 4 is 17.1 Å². The van der Waals surface area contributed by atoms with E-state index in [0.29, 0.717) is 0 Å². The fourth-order valence-electron chi connectivity index (χ4n) is 2.74. The van der Waals surface area contributed by atoms with E-state index in [9.17, 15) is 0 Å². The molecule has 0 atom stereocenters. The van der Waals surface area contributed by atoms with Crippen LogP contribution in [0.3, 0.4) is 0 Å². The van der Waals surface area contributed by atoms with E-state index in [-0.39, 0.29) is 0 Å². The van der Waals surface area contributed by atoms with E-state index in [2.05, 4.69) is 66.5 Å². The van der Waals surface area contributed by atoms with Gasteiger partial charge in [0.1, 0.15) is 0 Å². The van der Waals surface area contributed by atoms with Crippen molar-refractivity contribution in [1.29, 1.82) is 0 Å². The molecule has 0 saturated carbocycles. The zero-order valence-corrected chi connectivity index (χ0v) is 10.9. The SMILES string of the molecule is Cc1cccc(C)c1N1CCNc2ccccc21. The lowest BCUT2D eigenvalue weighted by molar-refractivity contribution is 0.918. The average Bonchev–Trinajstić information content (AvgIpc) is 2.39. The van der Waals surface area contributed by atoms with Gasteiger partial charge in [-0.25, -0.2) is 0 Å². The molecule has 2 heteroatoms. The minimum Gasteiger partial charge on any atom is -0.382 e. The molecule has 1 aliphatic rings. The highest BCUT2D eigenvalue weighted by atomic mass is 15.2. The monoisotopic (exact) mass is 238 g/mol. The first-order valence-corrected chi connectivity index (χ1v) is 6.44.